The number of para-hydroxylation sites is 1. The topological polar surface area (TPSA) is 68.0 Å². The molecule has 5 rings (SSSR count). The van der Waals surface area contributed by atoms with E-state index in [0.29, 0.717) is 5.56 Å². The van der Waals surface area contributed by atoms with E-state index in [1.165, 1.54) is 6.07 Å². The molecular weight excluding hydrogens is 434 g/mol. The average Bonchev–Trinajstić information content (AvgIpc) is 3.19. The van der Waals surface area contributed by atoms with E-state index in [2.05, 4.69) is 22.0 Å². The molecule has 2 aliphatic rings. The van der Waals surface area contributed by atoms with E-state index in [4.69, 9.17) is 9.84 Å². The third-order valence-electron chi connectivity index (χ3n) is 5.24. The normalized spacial score (nSPS) is 19.8. The van der Waals surface area contributed by atoms with Crippen LogP contribution in [0.15, 0.2) is 82.4 Å². The van der Waals surface area contributed by atoms with Crippen LogP contribution in [-0.2, 0) is 0 Å². The molecule has 0 N–H and O–H groups in total. The molecule has 3 aromatic rings. The first-order valence-corrected chi connectivity index (χ1v) is 10.0. The Labute approximate surface area is 175 Å². The van der Waals surface area contributed by atoms with Crippen LogP contribution in [0.3, 0.4) is 0 Å². The van der Waals surface area contributed by atoms with Crippen LogP contribution >= 0.6 is 15.9 Å². The van der Waals surface area contributed by atoms with Crippen molar-refractivity contribution in [1.82, 2.24) is 5.01 Å². The number of ether oxygens (including phenoxy) is 1. The van der Waals surface area contributed by atoms with Gasteiger partial charge in [-0.25, -0.2) is 5.01 Å². The van der Waals surface area contributed by atoms with Gasteiger partial charge in [0.1, 0.15) is 5.75 Å². The summed E-state index contributed by atoms with van der Waals surface area (Å²) in [5, 5.41) is 18.1. The maximum atomic E-state index is 11.2. The highest BCUT2D eigenvalue weighted by Crippen LogP contribution is 2.47. The van der Waals surface area contributed by atoms with Gasteiger partial charge in [-0.2, -0.15) is 5.10 Å². The van der Waals surface area contributed by atoms with Gasteiger partial charge in [0.05, 0.1) is 16.7 Å². The Balaban J connectivity index is 1.59. The molecule has 144 valence electrons. The SMILES string of the molecule is O=[N+]([O-])c1cccc([C@H]2Oc3ccccc3[C@H]3CC(c4ccc(Br)cc4)=NN32)c1. The van der Waals surface area contributed by atoms with Crippen LogP contribution in [0, 0.1) is 10.1 Å². The minimum Gasteiger partial charge on any atom is -0.464 e. The summed E-state index contributed by atoms with van der Waals surface area (Å²) >= 11 is 3.47. The third kappa shape index (κ3) is 3.17. The molecule has 7 heteroatoms. The van der Waals surface area contributed by atoms with Crippen molar-refractivity contribution in [1.29, 1.82) is 0 Å². The van der Waals surface area contributed by atoms with Crippen LogP contribution in [0.5, 0.6) is 5.75 Å². The van der Waals surface area contributed by atoms with Crippen LogP contribution in [0.4, 0.5) is 5.69 Å². The first-order valence-electron chi connectivity index (χ1n) is 9.22. The van der Waals surface area contributed by atoms with E-state index in [1.807, 2.05) is 53.5 Å². The molecule has 0 aliphatic carbocycles. The Morgan fingerprint density at radius 1 is 1.07 bits per heavy atom. The summed E-state index contributed by atoms with van der Waals surface area (Å²) in [4.78, 5) is 10.9. The molecule has 0 unspecified atom stereocenters. The minimum atomic E-state index is -0.525. The molecule has 29 heavy (non-hydrogen) atoms. The second-order valence-corrected chi connectivity index (χ2v) is 7.93. The van der Waals surface area contributed by atoms with Gasteiger partial charge in [-0.3, -0.25) is 10.1 Å². The lowest BCUT2D eigenvalue weighted by atomic mass is 9.96. The van der Waals surface area contributed by atoms with Crippen molar-refractivity contribution in [3.8, 4) is 5.75 Å². The number of fused-ring (bicyclic) bond motifs is 3. The van der Waals surface area contributed by atoms with E-state index in [9.17, 15) is 10.1 Å². The van der Waals surface area contributed by atoms with Gasteiger partial charge in [0.15, 0.2) is 0 Å². The highest BCUT2D eigenvalue weighted by molar-refractivity contribution is 9.10. The van der Waals surface area contributed by atoms with E-state index in [0.717, 1.165) is 33.5 Å². The average molecular weight is 450 g/mol. The predicted octanol–water partition coefficient (Wildman–Crippen LogP) is 5.60. The number of non-ortho nitro benzene ring substituents is 1. The smallest absolute Gasteiger partial charge is 0.269 e. The maximum Gasteiger partial charge on any atom is 0.269 e. The van der Waals surface area contributed by atoms with Gasteiger partial charge < -0.3 is 4.74 Å². The number of halogens is 1. The molecule has 6 nitrogen and oxygen atoms in total. The van der Waals surface area contributed by atoms with Crippen molar-refractivity contribution in [2.75, 3.05) is 0 Å². The number of nitrogens with zero attached hydrogens (tertiary/aromatic N) is 3. The molecule has 2 heterocycles. The van der Waals surface area contributed by atoms with Crippen molar-refractivity contribution in [2.45, 2.75) is 18.7 Å². The molecular formula is C22H16BrN3O3. The predicted molar refractivity (Wildman–Crippen MR) is 113 cm³/mol. The molecule has 0 spiro atoms. The van der Waals surface area contributed by atoms with E-state index >= 15 is 0 Å². The fourth-order valence-corrected chi connectivity index (χ4v) is 4.13. The highest BCUT2D eigenvalue weighted by atomic mass is 79.9. The van der Waals surface area contributed by atoms with Crippen molar-refractivity contribution in [3.63, 3.8) is 0 Å². The molecule has 0 fully saturated rings. The van der Waals surface area contributed by atoms with Gasteiger partial charge >= 0.3 is 0 Å². The Morgan fingerprint density at radius 2 is 1.86 bits per heavy atom. The fourth-order valence-electron chi connectivity index (χ4n) is 3.86. The summed E-state index contributed by atoms with van der Waals surface area (Å²) < 4.78 is 7.27. The lowest BCUT2D eigenvalue weighted by Crippen LogP contribution is -2.33. The summed E-state index contributed by atoms with van der Waals surface area (Å²) in [5.74, 6) is 0.789. The maximum absolute atomic E-state index is 11.2. The number of nitro benzene ring substituents is 1. The van der Waals surface area contributed by atoms with Crippen LogP contribution in [0.25, 0.3) is 0 Å². The van der Waals surface area contributed by atoms with Crippen LogP contribution < -0.4 is 4.74 Å². The van der Waals surface area contributed by atoms with Crippen LogP contribution in [-0.4, -0.2) is 15.6 Å². The lowest BCUT2D eigenvalue weighted by Gasteiger charge is -2.38. The summed E-state index contributed by atoms with van der Waals surface area (Å²) in [6.45, 7) is 0. The van der Waals surface area contributed by atoms with Gasteiger partial charge in [-0.05, 0) is 23.8 Å². The molecule has 2 aliphatic heterocycles. The third-order valence-corrected chi connectivity index (χ3v) is 5.77. The van der Waals surface area contributed by atoms with Crippen molar-refractivity contribution < 1.29 is 9.66 Å². The molecule has 0 saturated heterocycles. The summed E-state index contributed by atoms with van der Waals surface area (Å²) in [6.07, 6.45) is 0.218. The Kier molecular flexibility index (Phi) is 4.32. The molecule has 0 aromatic heterocycles. The number of hydrogen-bond acceptors (Lipinski definition) is 5. The van der Waals surface area contributed by atoms with Gasteiger partial charge in [0.25, 0.3) is 5.69 Å². The zero-order valence-electron chi connectivity index (χ0n) is 15.2. The molecule has 0 saturated carbocycles. The number of hydrogen-bond donors (Lipinski definition) is 0. The first-order chi connectivity index (χ1) is 14.1. The van der Waals surface area contributed by atoms with E-state index in [1.54, 1.807) is 12.1 Å². The second-order valence-electron chi connectivity index (χ2n) is 7.01. The van der Waals surface area contributed by atoms with Gasteiger partial charge in [-0.15, -0.1) is 0 Å². The highest BCUT2D eigenvalue weighted by Gasteiger charge is 2.41. The van der Waals surface area contributed by atoms with E-state index in [-0.39, 0.29) is 11.7 Å². The number of hydrazone groups is 1. The lowest BCUT2D eigenvalue weighted by molar-refractivity contribution is -0.385. The second kappa shape index (κ2) is 7.00. The van der Waals surface area contributed by atoms with Crippen molar-refractivity contribution in [2.24, 2.45) is 5.10 Å². The summed E-state index contributed by atoms with van der Waals surface area (Å²) in [5.41, 5.74) is 3.85. The minimum absolute atomic E-state index is 0.0165. The Hall–Kier alpha value is -3.19. The Bertz CT molecular complexity index is 1130. The first kappa shape index (κ1) is 17.9. The molecule has 0 amide bonds. The van der Waals surface area contributed by atoms with Crippen molar-refractivity contribution >= 4 is 27.3 Å². The Morgan fingerprint density at radius 3 is 2.66 bits per heavy atom. The van der Waals surface area contributed by atoms with Gasteiger partial charge in [0.2, 0.25) is 6.23 Å². The van der Waals surface area contributed by atoms with Crippen molar-refractivity contribution in [3.05, 3.63) is 104 Å². The standard InChI is InChI=1S/C22H16BrN3O3/c23-16-10-8-14(9-11-16)19-13-20-18-6-1-2-7-21(18)29-22(25(20)24-19)15-4-3-5-17(12-15)26(27)28/h1-12,20,22H,13H2/t20-,22-/m1/s1. The number of benzene rings is 3. The molecule has 0 bridgehead atoms. The largest absolute Gasteiger partial charge is 0.464 e. The molecule has 0 radical (unpaired) electrons. The van der Waals surface area contributed by atoms with Crippen LogP contribution in [0.1, 0.15) is 35.4 Å². The van der Waals surface area contributed by atoms with E-state index < -0.39 is 11.2 Å². The van der Waals surface area contributed by atoms with Gasteiger partial charge in [0, 0.05) is 34.2 Å². The van der Waals surface area contributed by atoms with Gasteiger partial charge in [-0.1, -0.05) is 58.4 Å². The fraction of sp³-hybridized carbons (Fsp3) is 0.136. The summed E-state index contributed by atoms with van der Waals surface area (Å²) in [6, 6.07) is 22.6. The van der Waals surface area contributed by atoms with Crippen LogP contribution in [0.2, 0.25) is 0 Å². The zero-order chi connectivity index (χ0) is 20.0. The molecule has 3 aromatic carbocycles. The summed E-state index contributed by atoms with van der Waals surface area (Å²) in [7, 11) is 0. The monoisotopic (exact) mass is 449 g/mol. The molecule has 2 atom stereocenters. The zero-order valence-corrected chi connectivity index (χ0v) is 16.8. The number of rotatable bonds is 3. The quantitative estimate of drug-likeness (QED) is 0.385. The number of nitro groups is 1.